The summed E-state index contributed by atoms with van der Waals surface area (Å²) in [6, 6.07) is 1.93. The molecule has 0 aromatic carbocycles. The first kappa shape index (κ1) is 17.2. The van der Waals surface area contributed by atoms with Gasteiger partial charge in [-0.05, 0) is 26.2 Å². The maximum Gasteiger partial charge on any atom is 0.311 e. The van der Waals surface area contributed by atoms with Gasteiger partial charge in [-0.3, -0.25) is 9.59 Å². The largest absolute Gasteiger partial charge is 0.469 e. The van der Waals surface area contributed by atoms with Crippen molar-refractivity contribution in [1.82, 2.24) is 0 Å². The van der Waals surface area contributed by atoms with Crippen molar-refractivity contribution in [2.75, 3.05) is 7.11 Å². The molecule has 0 amide bonds. The van der Waals surface area contributed by atoms with Crippen LogP contribution in [-0.4, -0.2) is 25.2 Å². The topological polar surface area (TPSA) is 76.4 Å². The van der Waals surface area contributed by atoms with Gasteiger partial charge in [0.15, 0.2) is 0 Å². The second kappa shape index (κ2) is 5.51. The highest BCUT2D eigenvalue weighted by atomic mass is 16.5. The third kappa shape index (κ3) is 3.26. The summed E-state index contributed by atoms with van der Waals surface area (Å²) in [5.74, 6) is -1.46. The van der Waals surface area contributed by atoms with Gasteiger partial charge in [-0.2, -0.15) is 5.26 Å². The maximum atomic E-state index is 12.1. The molecule has 5 nitrogen and oxygen atoms in total. The Hall–Kier alpha value is -1.83. The summed E-state index contributed by atoms with van der Waals surface area (Å²) in [5.41, 5.74) is -0.930. The van der Waals surface area contributed by atoms with Crippen LogP contribution in [0.5, 0.6) is 0 Å². The molecular weight excluding hydrogens is 270 g/mol. The zero-order valence-electron chi connectivity index (χ0n) is 13.5. The molecule has 0 aromatic heterocycles. The number of carbonyl (C=O) groups is 2. The molecule has 1 aliphatic rings. The Kier molecular flexibility index (Phi) is 4.52. The number of carbonyl (C=O) groups excluding carboxylic acids is 2. The summed E-state index contributed by atoms with van der Waals surface area (Å²) in [6.45, 7) is 12.6. The van der Waals surface area contributed by atoms with Gasteiger partial charge in [-0.15, -0.1) is 0 Å². The molecular formula is C16H23NO4. The third-order valence-corrected chi connectivity index (χ3v) is 4.03. The number of methoxy groups -OCH3 is 1. The molecule has 1 saturated carbocycles. The molecule has 1 rings (SSSR count). The quantitative estimate of drug-likeness (QED) is 0.588. The maximum absolute atomic E-state index is 12.1. The van der Waals surface area contributed by atoms with Gasteiger partial charge in [-0.1, -0.05) is 20.4 Å². The van der Waals surface area contributed by atoms with Crippen molar-refractivity contribution in [3.8, 4) is 6.07 Å². The molecule has 0 heterocycles. The molecule has 0 aromatic rings. The predicted molar refractivity (Wildman–Crippen MR) is 76.9 cm³/mol. The number of hydrogen-bond donors (Lipinski definition) is 0. The molecule has 0 bridgehead atoms. The van der Waals surface area contributed by atoms with Crippen LogP contribution < -0.4 is 0 Å². The summed E-state index contributed by atoms with van der Waals surface area (Å²) in [5, 5.41) is 9.09. The van der Waals surface area contributed by atoms with Gasteiger partial charge in [0.05, 0.1) is 30.1 Å². The van der Waals surface area contributed by atoms with Gasteiger partial charge in [0, 0.05) is 5.92 Å². The Morgan fingerprint density at radius 2 is 1.86 bits per heavy atom. The predicted octanol–water partition coefficient (Wildman–Crippen LogP) is 2.47. The van der Waals surface area contributed by atoms with Crippen LogP contribution in [-0.2, 0) is 19.1 Å². The highest BCUT2D eigenvalue weighted by molar-refractivity contribution is 5.79. The van der Waals surface area contributed by atoms with E-state index in [0.717, 1.165) is 0 Å². The van der Waals surface area contributed by atoms with Crippen molar-refractivity contribution < 1.29 is 19.1 Å². The summed E-state index contributed by atoms with van der Waals surface area (Å²) in [6.07, 6.45) is -0.791. The third-order valence-electron chi connectivity index (χ3n) is 4.03. The van der Waals surface area contributed by atoms with Crippen molar-refractivity contribution in [2.45, 2.75) is 40.7 Å². The number of rotatable bonds is 4. The summed E-state index contributed by atoms with van der Waals surface area (Å²) < 4.78 is 10.3. The SMILES string of the molecule is C=C(C#N)C(OC(=O)C(C)(C)C)C1C(C(=O)OC)C1(C)C. The molecule has 5 heteroatoms. The second-order valence-corrected chi connectivity index (χ2v) is 7.06. The number of nitriles is 1. The standard InChI is InChI=1S/C16H23NO4/c1-9(8-17)12(21-14(19)15(2,3)4)10-11(13(18)20-7)16(10,5)6/h10-12H,1H2,2-7H3. The summed E-state index contributed by atoms with van der Waals surface area (Å²) >= 11 is 0. The van der Waals surface area contributed by atoms with Crippen LogP contribution in [0.25, 0.3) is 0 Å². The van der Waals surface area contributed by atoms with Crippen molar-refractivity contribution in [3.63, 3.8) is 0 Å². The number of esters is 2. The van der Waals surface area contributed by atoms with Gasteiger partial charge < -0.3 is 9.47 Å². The Labute approximate surface area is 125 Å². The average Bonchev–Trinajstić information content (AvgIpc) is 2.95. The molecule has 0 saturated heterocycles. The minimum Gasteiger partial charge on any atom is -0.469 e. The van der Waals surface area contributed by atoms with E-state index in [-0.39, 0.29) is 17.5 Å². The monoisotopic (exact) mass is 293 g/mol. The number of nitrogens with zero attached hydrogens (tertiary/aromatic N) is 1. The molecule has 3 atom stereocenters. The average molecular weight is 293 g/mol. The van der Waals surface area contributed by atoms with E-state index in [0.29, 0.717) is 0 Å². The molecule has 21 heavy (non-hydrogen) atoms. The Balaban J connectivity index is 3.02. The van der Waals surface area contributed by atoms with E-state index >= 15 is 0 Å². The van der Waals surface area contributed by atoms with Crippen LogP contribution >= 0.6 is 0 Å². The fraction of sp³-hybridized carbons (Fsp3) is 0.688. The van der Waals surface area contributed by atoms with Gasteiger partial charge >= 0.3 is 11.9 Å². The normalized spacial score (nSPS) is 24.4. The van der Waals surface area contributed by atoms with Crippen LogP contribution in [0.15, 0.2) is 12.2 Å². The van der Waals surface area contributed by atoms with E-state index in [9.17, 15) is 9.59 Å². The lowest BCUT2D eigenvalue weighted by molar-refractivity contribution is -0.158. The summed E-state index contributed by atoms with van der Waals surface area (Å²) in [4.78, 5) is 23.9. The fourth-order valence-electron chi connectivity index (χ4n) is 2.54. The first-order valence-corrected chi connectivity index (χ1v) is 6.86. The lowest BCUT2D eigenvalue weighted by Crippen LogP contribution is -2.31. The van der Waals surface area contributed by atoms with E-state index in [1.807, 2.05) is 19.9 Å². The van der Waals surface area contributed by atoms with Gasteiger partial charge in [0.2, 0.25) is 0 Å². The Morgan fingerprint density at radius 1 is 1.33 bits per heavy atom. The first-order chi connectivity index (χ1) is 9.48. The Bertz CT molecular complexity index is 507. The fourth-order valence-corrected chi connectivity index (χ4v) is 2.54. The zero-order chi connectivity index (χ0) is 16.6. The first-order valence-electron chi connectivity index (χ1n) is 6.86. The number of hydrogen-bond acceptors (Lipinski definition) is 5. The van der Waals surface area contributed by atoms with Crippen LogP contribution in [0.2, 0.25) is 0 Å². The van der Waals surface area contributed by atoms with E-state index in [2.05, 4.69) is 6.58 Å². The molecule has 0 N–H and O–H groups in total. The molecule has 3 unspecified atom stereocenters. The lowest BCUT2D eigenvalue weighted by atomic mass is 9.96. The van der Waals surface area contributed by atoms with Gasteiger partial charge in [0.1, 0.15) is 6.10 Å². The second-order valence-electron chi connectivity index (χ2n) is 7.06. The van der Waals surface area contributed by atoms with Crippen LogP contribution in [0, 0.1) is 34.0 Å². The lowest BCUT2D eigenvalue weighted by Gasteiger charge is -2.23. The molecule has 116 valence electrons. The smallest absolute Gasteiger partial charge is 0.311 e. The van der Waals surface area contributed by atoms with Crippen molar-refractivity contribution in [3.05, 3.63) is 12.2 Å². The van der Waals surface area contributed by atoms with E-state index < -0.39 is 28.8 Å². The van der Waals surface area contributed by atoms with E-state index in [1.54, 1.807) is 20.8 Å². The molecule has 1 fully saturated rings. The molecule has 1 aliphatic carbocycles. The van der Waals surface area contributed by atoms with Crippen LogP contribution in [0.1, 0.15) is 34.6 Å². The zero-order valence-corrected chi connectivity index (χ0v) is 13.5. The summed E-state index contributed by atoms with van der Waals surface area (Å²) in [7, 11) is 1.32. The minimum atomic E-state index is -0.791. The van der Waals surface area contributed by atoms with E-state index in [4.69, 9.17) is 14.7 Å². The Morgan fingerprint density at radius 3 is 2.24 bits per heavy atom. The van der Waals surface area contributed by atoms with Crippen LogP contribution in [0.3, 0.4) is 0 Å². The highest BCUT2D eigenvalue weighted by Gasteiger charge is 2.67. The number of ether oxygens (including phenoxy) is 2. The highest BCUT2D eigenvalue weighted by Crippen LogP contribution is 2.62. The van der Waals surface area contributed by atoms with E-state index in [1.165, 1.54) is 7.11 Å². The molecule has 0 radical (unpaired) electrons. The minimum absolute atomic E-state index is 0.150. The van der Waals surface area contributed by atoms with Gasteiger partial charge in [-0.25, -0.2) is 0 Å². The molecule has 0 aliphatic heterocycles. The molecule has 0 spiro atoms. The van der Waals surface area contributed by atoms with Crippen LogP contribution in [0.4, 0.5) is 0 Å². The van der Waals surface area contributed by atoms with Crippen molar-refractivity contribution in [1.29, 1.82) is 5.26 Å². The van der Waals surface area contributed by atoms with Gasteiger partial charge in [0.25, 0.3) is 0 Å². The van der Waals surface area contributed by atoms with Crippen molar-refractivity contribution >= 4 is 11.9 Å². The van der Waals surface area contributed by atoms with Crippen molar-refractivity contribution in [2.24, 2.45) is 22.7 Å².